The van der Waals surface area contributed by atoms with Gasteiger partial charge in [0.05, 0.1) is 6.42 Å². The number of carboxylic acids is 1. The summed E-state index contributed by atoms with van der Waals surface area (Å²) in [6.07, 6.45) is 0.275. The zero-order valence-corrected chi connectivity index (χ0v) is 10.1. The Bertz CT molecular complexity index is 318. The Morgan fingerprint density at radius 1 is 1.62 bits per heavy atom. The second-order valence-electron chi connectivity index (χ2n) is 3.93. The minimum absolute atomic E-state index is 0.00876. The molecule has 1 heterocycles. The number of nitrogens with zero attached hydrogens (tertiary/aromatic N) is 1. The lowest BCUT2D eigenvalue weighted by atomic mass is 10.2. The molecule has 0 aliphatic carbocycles. The van der Waals surface area contributed by atoms with Crippen molar-refractivity contribution < 1.29 is 19.5 Å². The Balaban J connectivity index is 2.53. The van der Waals surface area contributed by atoms with E-state index in [1.165, 1.54) is 6.92 Å². The Morgan fingerprint density at radius 3 is 2.75 bits per heavy atom. The van der Waals surface area contributed by atoms with Crippen LogP contribution in [0.3, 0.4) is 0 Å². The smallest absolute Gasteiger partial charge is 0.305 e. The molecule has 1 rings (SSSR count). The third-order valence-electron chi connectivity index (χ3n) is 2.46. The van der Waals surface area contributed by atoms with Crippen LogP contribution in [0, 0.1) is 0 Å². The molecule has 5 nitrogen and oxygen atoms in total. The molecule has 6 heteroatoms. The first kappa shape index (κ1) is 13.0. The number of hydrogen-bond acceptors (Lipinski definition) is 4. The second kappa shape index (κ2) is 5.34. The van der Waals surface area contributed by atoms with E-state index >= 15 is 0 Å². The highest BCUT2D eigenvalue weighted by molar-refractivity contribution is 8.14. The van der Waals surface area contributed by atoms with Crippen molar-refractivity contribution >= 4 is 28.8 Å². The van der Waals surface area contributed by atoms with Crippen LogP contribution in [0.4, 0.5) is 0 Å². The summed E-state index contributed by atoms with van der Waals surface area (Å²) in [5, 5.41) is 8.61. The molecule has 0 aromatic heterocycles. The van der Waals surface area contributed by atoms with E-state index in [2.05, 4.69) is 0 Å². The third-order valence-corrected chi connectivity index (χ3v) is 3.44. The molecule has 2 unspecified atom stereocenters. The fourth-order valence-electron chi connectivity index (χ4n) is 1.80. The van der Waals surface area contributed by atoms with E-state index in [1.54, 1.807) is 11.8 Å². The van der Waals surface area contributed by atoms with Gasteiger partial charge >= 0.3 is 5.97 Å². The molecule has 0 saturated carbocycles. The highest BCUT2D eigenvalue weighted by Crippen LogP contribution is 2.26. The van der Waals surface area contributed by atoms with Crippen molar-refractivity contribution in [1.82, 2.24) is 4.90 Å². The van der Waals surface area contributed by atoms with Gasteiger partial charge in [0.15, 0.2) is 5.12 Å². The van der Waals surface area contributed by atoms with Crippen LogP contribution in [0.25, 0.3) is 0 Å². The number of rotatable bonds is 4. The second-order valence-corrected chi connectivity index (χ2v) is 5.41. The van der Waals surface area contributed by atoms with Crippen LogP contribution < -0.4 is 0 Å². The van der Waals surface area contributed by atoms with E-state index in [0.29, 0.717) is 13.0 Å². The molecule has 16 heavy (non-hydrogen) atoms. The first-order valence-corrected chi connectivity index (χ1v) is 5.96. The van der Waals surface area contributed by atoms with E-state index in [9.17, 15) is 14.4 Å². The topological polar surface area (TPSA) is 74.7 Å². The van der Waals surface area contributed by atoms with Gasteiger partial charge in [-0.15, -0.1) is 0 Å². The largest absolute Gasteiger partial charge is 0.481 e. The van der Waals surface area contributed by atoms with Crippen LogP contribution in [-0.4, -0.2) is 44.8 Å². The maximum absolute atomic E-state index is 11.6. The maximum atomic E-state index is 11.6. The Kier molecular flexibility index (Phi) is 4.35. The summed E-state index contributed by atoms with van der Waals surface area (Å²) in [6, 6.07) is -0.303. The maximum Gasteiger partial charge on any atom is 0.305 e. The van der Waals surface area contributed by atoms with Crippen LogP contribution in [0.15, 0.2) is 0 Å². The number of thioether (sulfide) groups is 1. The molecule has 1 saturated heterocycles. The number of carboxylic acid groups (broad SMARTS) is 1. The summed E-state index contributed by atoms with van der Waals surface area (Å²) >= 11 is 1.16. The molecular formula is C10H15NO4S. The van der Waals surface area contributed by atoms with E-state index in [1.807, 2.05) is 0 Å². The number of aliphatic carboxylic acids is 1. The Hall–Kier alpha value is -1.04. The molecular weight excluding hydrogens is 230 g/mol. The predicted octanol–water partition coefficient (Wildman–Crippen LogP) is 0.730. The average Bonchev–Trinajstić information content (AvgIpc) is 2.44. The molecule has 2 atom stereocenters. The van der Waals surface area contributed by atoms with Crippen LogP contribution in [-0.2, 0) is 14.4 Å². The van der Waals surface area contributed by atoms with E-state index < -0.39 is 5.97 Å². The number of carbonyl (C=O) groups excluding carboxylic acids is 2. The van der Waals surface area contributed by atoms with Gasteiger partial charge in [-0.2, -0.15) is 0 Å². The van der Waals surface area contributed by atoms with Gasteiger partial charge in [0.25, 0.3) is 0 Å². The van der Waals surface area contributed by atoms with Gasteiger partial charge in [-0.1, -0.05) is 11.8 Å². The monoisotopic (exact) mass is 245 g/mol. The minimum atomic E-state index is -0.914. The first-order valence-electron chi connectivity index (χ1n) is 5.08. The summed E-state index contributed by atoms with van der Waals surface area (Å²) in [5.74, 6) is -0.976. The van der Waals surface area contributed by atoms with E-state index in [0.717, 1.165) is 11.8 Å². The molecule has 1 aliphatic heterocycles. The lowest BCUT2D eigenvalue weighted by Gasteiger charge is -2.23. The average molecular weight is 245 g/mol. The van der Waals surface area contributed by atoms with Gasteiger partial charge in [0, 0.05) is 31.2 Å². The van der Waals surface area contributed by atoms with Gasteiger partial charge in [0.2, 0.25) is 5.91 Å². The van der Waals surface area contributed by atoms with Crippen molar-refractivity contribution in [3.63, 3.8) is 0 Å². The van der Waals surface area contributed by atoms with Crippen LogP contribution in [0.1, 0.15) is 26.7 Å². The number of hydrogen-bond donors (Lipinski definition) is 1. The van der Waals surface area contributed by atoms with Crippen molar-refractivity contribution in [1.29, 1.82) is 0 Å². The standard InChI is InChI=1S/C10H15NO4S/c1-6(3-10(14)15)11-5-8(4-9(11)13)16-7(2)12/h6,8H,3-5H2,1-2H3,(H,14,15). The Labute approximate surface area is 98.2 Å². The molecule has 1 fully saturated rings. The summed E-state index contributed by atoms with van der Waals surface area (Å²) in [4.78, 5) is 34.6. The minimum Gasteiger partial charge on any atom is -0.481 e. The SMILES string of the molecule is CC(=O)SC1CC(=O)N(C(C)CC(=O)O)C1. The van der Waals surface area contributed by atoms with Crippen molar-refractivity contribution in [3.8, 4) is 0 Å². The quantitative estimate of drug-likeness (QED) is 0.790. The van der Waals surface area contributed by atoms with Gasteiger partial charge in [-0.05, 0) is 6.92 Å². The number of amides is 1. The molecule has 1 aliphatic rings. The van der Waals surface area contributed by atoms with Gasteiger partial charge < -0.3 is 10.0 Å². The predicted molar refractivity (Wildman–Crippen MR) is 60.1 cm³/mol. The van der Waals surface area contributed by atoms with Crippen LogP contribution in [0.5, 0.6) is 0 Å². The van der Waals surface area contributed by atoms with Crippen LogP contribution >= 0.6 is 11.8 Å². The van der Waals surface area contributed by atoms with Crippen molar-refractivity contribution in [2.24, 2.45) is 0 Å². The molecule has 0 aromatic rings. The first-order chi connectivity index (χ1) is 7.40. The zero-order chi connectivity index (χ0) is 12.3. The normalized spacial score (nSPS) is 22.2. The van der Waals surface area contributed by atoms with E-state index in [4.69, 9.17) is 5.11 Å². The fourth-order valence-corrected chi connectivity index (χ4v) is 2.73. The summed E-state index contributed by atoms with van der Waals surface area (Å²) in [6.45, 7) is 3.66. The number of carbonyl (C=O) groups is 3. The molecule has 0 aromatic carbocycles. The third kappa shape index (κ3) is 3.52. The highest BCUT2D eigenvalue weighted by Gasteiger charge is 2.34. The van der Waals surface area contributed by atoms with Gasteiger partial charge in [0.1, 0.15) is 0 Å². The van der Waals surface area contributed by atoms with Gasteiger partial charge in [-0.3, -0.25) is 14.4 Å². The molecule has 0 radical (unpaired) electrons. The zero-order valence-electron chi connectivity index (χ0n) is 9.30. The Morgan fingerprint density at radius 2 is 2.25 bits per heavy atom. The number of likely N-dealkylation sites (tertiary alicyclic amines) is 1. The fraction of sp³-hybridized carbons (Fsp3) is 0.700. The van der Waals surface area contributed by atoms with Crippen molar-refractivity contribution in [3.05, 3.63) is 0 Å². The van der Waals surface area contributed by atoms with Gasteiger partial charge in [-0.25, -0.2) is 0 Å². The van der Waals surface area contributed by atoms with Crippen molar-refractivity contribution in [2.45, 2.75) is 38.0 Å². The van der Waals surface area contributed by atoms with Crippen LogP contribution in [0.2, 0.25) is 0 Å². The summed E-state index contributed by atoms with van der Waals surface area (Å²) < 4.78 is 0. The summed E-state index contributed by atoms with van der Waals surface area (Å²) in [5.41, 5.74) is 0. The summed E-state index contributed by atoms with van der Waals surface area (Å²) in [7, 11) is 0. The molecule has 1 amide bonds. The lowest BCUT2D eigenvalue weighted by Crippen LogP contribution is -2.36. The molecule has 1 N–H and O–H groups in total. The van der Waals surface area contributed by atoms with Crippen molar-refractivity contribution in [2.75, 3.05) is 6.54 Å². The molecule has 0 bridgehead atoms. The molecule has 90 valence electrons. The highest BCUT2D eigenvalue weighted by atomic mass is 32.2. The lowest BCUT2D eigenvalue weighted by molar-refractivity contribution is -0.139. The molecule has 0 spiro atoms. The van der Waals surface area contributed by atoms with E-state index in [-0.39, 0.29) is 28.7 Å².